The fourth-order valence-electron chi connectivity index (χ4n) is 0.286. The molecule has 1 heterocycles. The number of nitrogens with one attached hydrogen (secondary N) is 1. The highest BCUT2D eigenvalue weighted by Crippen LogP contribution is 1.95. The second kappa shape index (κ2) is 4.15. The van der Waals surface area contributed by atoms with Crippen LogP contribution in [0.1, 0.15) is 0 Å². The number of amides is 1. The number of β-lactam (4-membered cyclic amide) rings is 1. The highest BCUT2D eigenvalue weighted by molar-refractivity contribution is 7.73. The van der Waals surface area contributed by atoms with Crippen molar-refractivity contribution in [3.05, 3.63) is 12.2 Å². The van der Waals surface area contributed by atoms with Crippen LogP contribution < -0.4 is 5.32 Å². The van der Waals surface area contributed by atoms with Crippen molar-refractivity contribution < 1.29 is 18.1 Å². The average Bonchev–Trinajstić information content (AvgIpc) is 1.83. The smallest absolute Gasteiger partial charge is 0.248 e. The third-order valence-corrected chi connectivity index (χ3v) is 0.783. The molecule has 1 saturated heterocycles. The molecule has 0 aromatic heterocycles. The van der Waals surface area contributed by atoms with Crippen molar-refractivity contribution in [1.82, 2.24) is 5.32 Å². The van der Waals surface area contributed by atoms with Crippen LogP contribution in [-0.2, 0) is 16.2 Å². The van der Waals surface area contributed by atoms with Gasteiger partial charge in [-0.3, -0.25) is 4.79 Å². The number of carbonyl (C=O) groups is 1. The van der Waals surface area contributed by atoms with Crippen molar-refractivity contribution in [2.75, 3.05) is 6.54 Å². The summed E-state index contributed by atoms with van der Waals surface area (Å²) in [6, 6.07) is 0. The molecule has 0 spiro atoms. The highest BCUT2D eigenvalue weighted by Gasteiger charge is 2.14. The molecule has 1 rings (SSSR count). The van der Waals surface area contributed by atoms with E-state index in [2.05, 4.69) is 11.9 Å². The maximum absolute atomic E-state index is 10.0. The maximum atomic E-state index is 10.0. The Morgan fingerprint density at radius 2 is 2.10 bits per heavy atom. The molecule has 10 heavy (non-hydrogen) atoms. The molecule has 1 aliphatic heterocycles. The second-order valence-corrected chi connectivity index (χ2v) is 1.94. The number of hydrogen-bond acceptors (Lipinski definition) is 3. The lowest BCUT2D eigenvalue weighted by atomic mass is 10.2. The zero-order valence-electron chi connectivity index (χ0n) is 4.99. The van der Waals surface area contributed by atoms with Gasteiger partial charge in [-0.2, -0.15) is 0 Å². The molecule has 1 atom stereocenters. The minimum Gasteiger partial charge on any atom is -0.750 e. The lowest BCUT2D eigenvalue weighted by Crippen LogP contribution is -2.40. The molecular weight excluding hydrogens is 158 g/mol. The summed E-state index contributed by atoms with van der Waals surface area (Å²) in [5.41, 5.74) is 0.690. The molecule has 6 heteroatoms. The molecule has 1 unspecified atom stereocenters. The molecule has 2 N–H and O–H groups in total. The summed E-state index contributed by atoms with van der Waals surface area (Å²) in [6.45, 7) is 4.11. The molecule has 0 saturated carbocycles. The molecule has 5 nitrogen and oxygen atoms in total. The fourth-order valence-corrected chi connectivity index (χ4v) is 0.286. The van der Waals surface area contributed by atoms with Crippen molar-refractivity contribution in [1.29, 1.82) is 0 Å². The van der Waals surface area contributed by atoms with Gasteiger partial charge in [0, 0.05) is 12.1 Å². The molecule has 0 aromatic rings. The quantitative estimate of drug-likeness (QED) is 0.273. The van der Waals surface area contributed by atoms with E-state index < -0.39 is 11.4 Å². The monoisotopic (exact) mass is 164 g/mol. The van der Waals surface area contributed by atoms with Crippen LogP contribution >= 0.6 is 0 Å². The Morgan fingerprint density at radius 1 is 1.80 bits per heavy atom. The first-order valence-electron chi connectivity index (χ1n) is 2.28. The Morgan fingerprint density at radius 3 is 2.10 bits per heavy atom. The van der Waals surface area contributed by atoms with Crippen molar-refractivity contribution in [2.45, 2.75) is 0 Å². The zero-order valence-corrected chi connectivity index (χ0v) is 5.81. The maximum Gasteiger partial charge on any atom is 0.248 e. The van der Waals surface area contributed by atoms with Crippen LogP contribution in [0, 0.1) is 0 Å². The first-order chi connectivity index (χ1) is 4.54. The molecule has 0 bridgehead atoms. The van der Waals surface area contributed by atoms with Gasteiger partial charge < -0.3 is 14.4 Å². The van der Waals surface area contributed by atoms with E-state index >= 15 is 0 Å². The lowest BCUT2D eigenvalue weighted by molar-refractivity contribution is -0.120. The summed E-state index contributed by atoms with van der Waals surface area (Å²) in [5, 5.41) is 2.52. The minimum absolute atomic E-state index is 0.00463. The lowest BCUT2D eigenvalue weighted by Gasteiger charge is -2.14. The zero-order chi connectivity index (χ0) is 8.15. The van der Waals surface area contributed by atoms with Gasteiger partial charge in [0.25, 0.3) is 0 Å². The minimum atomic E-state index is -2.86. The van der Waals surface area contributed by atoms with Gasteiger partial charge in [0.05, 0.1) is 11.4 Å². The van der Waals surface area contributed by atoms with Gasteiger partial charge in [0.15, 0.2) is 0 Å². The topological polar surface area (TPSA) is 89.5 Å². The summed E-state index contributed by atoms with van der Waals surface area (Å²) in [7, 11) is 0. The van der Waals surface area contributed by atoms with E-state index in [0.29, 0.717) is 12.1 Å². The Hall–Kier alpha value is -0.720. The average molecular weight is 164 g/mol. The van der Waals surface area contributed by atoms with Crippen LogP contribution in [0.5, 0.6) is 0 Å². The Balaban J connectivity index is 0.000000180. The van der Waals surface area contributed by atoms with Crippen molar-refractivity contribution in [2.24, 2.45) is 0 Å². The summed E-state index contributed by atoms with van der Waals surface area (Å²) in [6.07, 6.45) is 0. The SMILES string of the molecule is C=C1CNC1=O.O=S([O-])O. The second-order valence-electron chi connectivity index (χ2n) is 1.50. The first kappa shape index (κ1) is 9.28. The molecule has 0 aromatic carbocycles. The third kappa shape index (κ3) is 4.19. The van der Waals surface area contributed by atoms with Crippen molar-refractivity contribution in [3.63, 3.8) is 0 Å². The molecule has 0 radical (unpaired) electrons. The number of rotatable bonds is 0. The highest BCUT2D eigenvalue weighted by atomic mass is 32.2. The van der Waals surface area contributed by atoms with E-state index in [1.165, 1.54) is 0 Å². The van der Waals surface area contributed by atoms with Crippen LogP contribution in [0.25, 0.3) is 0 Å². The van der Waals surface area contributed by atoms with Crippen LogP contribution in [0.3, 0.4) is 0 Å². The van der Waals surface area contributed by atoms with E-state index in [1.54, 1.807) is 0 Å². The van der Waals surface area contributed by atoms with Gasteiger partial charge in [0.1, 0.15) is 0 Å². The molecule has 58 valence electrons. The summed E-state index contributed by atoms with van der Waals surface area (Å²) in [5.74, 6) is -0.00463. The largest absolute Gasteiger partial charge is 0.750 e. The van der Waals surface area contributed by atoms with E-state index in [0.717, 1.165) is 0 Å². The molecule has 0 aliphatic carbocycles. The van der Waals surface area contributed by atoms with Crippen molar-refractivity contribution >= 4 is 17.3 Å². The Labute approximate surface area is 60.2 Å². The molecule has 1 fully saturated rings. The first-order valence-corrected chi connectivity index (χ1v) is 3.31. The number of hydrogen-bond donors (Lipinski definition) is 2. The van der Waals surface area contributed by atoms with Crippen LogP contribution in [0.2, 0.25) is 0 Å². The Kier molecular flexibility index (Phi) is 3.85. The fraction of sp³-hybridized carbons (Fsp3) is 0.250. The summed E-state index contributed by atoms with van der Waals surface area (Å²) < 4.78 is 24.1. The standard InChI is InChI=1S/C4H5NO.H2O3S/c1-3-2-5-4(3)6;1-4(2)3/h1-2H2,(H,5,6);(H2,1,2,3)/p-1. The molecule has 1 aliphatic rings. The third-order valence-electron chi connectivity index (χ3n) is 0.783. The molecular formula is C4H6NO4S-. The normalized spacial score (nSPS) is 17.8. The van der Waals surface area contributed by atoms with E-state index in [1.807, 2.05) is 0 Å². The van der Waals surface area contributed by atoms with Crippen LogP contribution in [0.4, 0.5) is 0 Å². The van der Waals surface area contributed by atoms with Gasteiger partial charge in [-0.25, -0.2) is 4.21 Å². The van der Waals surface area contributed by atoms with Gasteiger partial charge in [-0.1, -0.05) is 6.58 Å². The van der Waals surface area contributed by atoms with Crippen LogP contribution in [-0.4, -0.2) is 25.8 Å². The summed E-state index contributed by atoms with van der Waals surface area (Å²) >= 11 is -2.86. The van der Waals surface area contributed by atoms with Gasteiger partial charge in [0.2, 0.25) is 5.91 Å². The van der Waals surface area contributed by atoms with E-state index in [4.69, 9.17) is 13.3 Å². The summed E-state index contributed by atoms with van der Waals surface area (Å²) in [4.78, 5) is 10.0. The molecule has 1 amide bonds. The van der Waals surface area contributed by atoms with Crippen molar-refractivity contribution in [3.8, 4) is 0 Å². The number of carbonyl (C=O) groups excluding carboxylic acids is 1. The van der Waals surface area contributed by atoms with Gasteiger partial charge in [-0.15, -0.1) is 0 Å². The van der Waals surface area contributed by atoms with Crippen LogP contribution in [0.15, 0.2) is 12.2 Å². The van der Waals surface area contributed by atoms with Gasteiger partial charge in [-0.05, 0) is 0 Å². The van der Waals surface area contributed by atoms with Gasteiger partial charge >= 0.3 is 0 Å². The predicted molar refractivity (Wildman–Crippen MR) is 33.7 cm³/mol. The van der Waals surface area contributed by atoms with E-state index in [-0.39, 0.29) is 5.91 Å². The predicted octanol–water partition coefficient (Wildman–Crippen LogP) is -0.989. The Bertz CT molecular complexity index is 160. The van der Waals surface area contributed by atoms with E-state index in [9.17, 15) is 4.79 Å².